The Kier molecular flexibility index (Phi) is 5.06. The maximum Gasteiger partial charge on any atom is 0.283 e. The van der Waals surface area contributed by atoms with Gasteiger partial charge in [-0.2, -0.15) is 12.8 Å². The zero-order valence-corrected chi connectivity index (χ0v) is 15.5. The molecule has 1 aliphatic carbocycles. The molecule has 8 heteroatoms. The molecule has 0 aromatic heterocycles. The van der Waals surface area contributed by atoms with E-state index in [1.165, 1.54) is 0 Å². The number of ketones is 1. The third kappa shape index (κ3) is 3.53. The van der Waals surface area contributed by atoms with Crippen LogP contribution < -0.4 is 0 Å². The van der Waals surface area contributed by atoms with Crippen LogP contribution in [-0.4, -0.2) is 19.9 Å². The third-order valence-electron chi connectivity index (χ3n) is 3.18. The molecule has 122 valence electrons. The number of hydrogen-bond acceptors (Lipinski definition) is 3. The Morgan fingerprint density at radius 2 is 1.48 bits per heavy atom. The second kappa shape index (κ2) is 6.40. The summed E-state index contributed by atoms with van der Waals surface area (Å²) in [7, 11) is -4.04. The highest BCUT2D eigenvalue weighted by Crippen LogP contribution is 2.30. The first kappa shape index (κ1) is 18.2. The van der Waals surface area contributed by atoms with Gasteiger partial charge in [-0.3, -0.25) is 4.79 Å². The number of aryl methyl sites for hydroxylation is 3. The largest absolute Gasteiger partial charge is 0.287 e. The Hall–Kier alpha value is -1.14. The van der Waals surface area contributed by atoms with Gasteiger partial charge in [-0.05, 0) is 38.0 Å². The molecule has 2 rings (SSSR count). The number of nitrogens with zero attached hydrogens (tertiary/aromatic N) is 1. The molecule has 0 radical (unpaired) electrons. The van der Waals surface area contributed by atoms with Crippen molar-refractivity contribution in [3.8, 4) is 0 Å². The zero-order valence-electron chi connectivity index (χ0n) is 12.4. The van der Waals surface area contributed by atoms with Crippen LogP contribution in [0.15, 0.2) is 42.6 Å². The molecule has 0 saturated heterocycles. The van der Waals surface area contributed by atoms with E-state index >= 15 is 0 Å². The van der Waals surface area contributed by atoms with Crippen LogP contribution in [0.25, 0.3) is 0 Å². The van der Waals surface area contributed by atoms with Crippen molar-refractivity contribution in [3.05, 3.63) is 50.0 Å². The van der Waals surface area contributed by atoms with Crippen LogP contribution in [0.5, 0.6) is 0 Å². The highest BCUT2D eigenvalue weighted by Gasteiger charge is 2.27. The third-order valence-corrected chi connectivity index (χ3v) is 5.90. The molecule has 1 aromatic carbocycles. The molecule has 1 aliphatic rings. The lowest BCUT2D eigenvalue weighted by Crippen LogP contribution is -2.14. The average Bonchev–Trinajstić information content (AvgIpc) is 2.40. The lowest BCUT2D eigenvalue weighted by atomic mass is 10.1. The van der Waals surface area contributed by atoms with Gasteiger partial charge in [-0.15, -0.1) is 0 Å². The molecule has 0 aliphatic heterocycles. The molecule has 23 heavy (non-hydrogen) atoms. The Bertz CT molecular complexity index is 889. The molecule has 0 heterocycles. The summed E-state index contributed by atoms with van der Waals surface area (Å²) in [6.07, 6.45) is 1.09. The fraction of sp³-hybridized carbons (Fsp3) is 0.200. The minimum Gasteiger partial charge on any atom is -0.287 e. The Morgan fingerprint density at radius 3 is 2.00 bits per heavy atom. The van der Waals surface area contributed by atoms with Crippen molar-refractivity contribution in [1.82, 2.24) is 0 Å². The number of benzene rings is 1. The maximum absolute atomic E-state index is 12.6. The van der Waals surface area contributed by atoms with E-state index in [9.17, 15) is 13.2 Å². The molecule has 4 nitrogen and oxygen atoms in total. The monoisotopic (exact) mass is 391 g/mol. The van der Waals surface area contributed by atoms with Crippen molar-refractivity contribution < 1.29 is 13.2 Å². The van der Waals surface area contributed by atoms with E-state index in [0.717, 1.165) is 11.6 Å². The molecular weight excluding hydrogens is 381 g/mol. The fourth-order valence-corrected chi connectivity index (χ4v) is 4.48. The van der Waals surface area contributed by atoms with Crippen molar-refractivity contribution >= 4 is 56.3 Å². The summed E-state index contributed by atoms with van der Waals surface area (Å²) >= 11 is 17.4. The first-order chi connectivity index (χ1) is 10.5. The summed E-state index contributed by atoms with van der Waals surface area (Å²) in [5.41, 5.74) is 1.92. The Labute approximate surface area is 149 Å². The topological polar surface area (TPSA) is 63.6 Å². The van der Waals surface area contributed by atoms with Crippen molar-refractivity contribution in [1.29, 1.82) is 0 Å². The molecule has 1 aromatic rings. The van der Waals surface area contributed by atoms with Gasteiger partial charge in [0.2, 0.25) is 5.78 Å². The van der Waals surface area contributed by atoms with Crippen LogP contribution >= 0.6 is 34.8 Å². The number of allylic oxidation sites excluding steroid dienone is 4. The molecule has 0 N–H and O–H groups in total. The van der Waals surface area contributed by atoms with Gasteiger partial charge in [0.1, 0.15) is 5.03 Å². The lowest BCUT2D eigenvalue weighted by Gasteiger charge is -2.12. The van der Waals surface area contributed by atoms with Gasteiger partial charge in [0.05, 0.1) is 20.7 Å². The molecule has 0 saturated carbocycles. The summed E-state index contributed by atoms with van der Waals surface area (Å²) in [5, 5.41) is -0.844. The quantitative estimate of drug-likeness (QED) is 0.711. The fourth-order valence-electron chi connectivity index (χ4n) is 2.38. The van der Waals surface area contributed by atoms with E-state index in [1.54, 1.807) is 26.0 Å². The van der Waals surface area contributed by atoms with Gasteiger partial charge in [0.25, 0.3) is 10.0 Å². The van der Waals surface area contributed by atoms with Crippen molar-refractivity contribution in [2.24, 2.45) is 4.40 Å². The smallest absolute Gasteiger partial charge is 0.283 e. The van der Waals surface area contributed by atoms with E-state index in [1.807, 2.05) is 6.92 Å². The van der Waals surface area contributed by atoms with E-state index in [4.69, 9.17) is 34.8 Å². The summed E-state index contributed by atoms with van der Waals surface area (Å²) in [4.78, 5) is 11.7. The van der Waals surface area contributed by atoms with Crippen LogP contribution in [0.4, 0.5) is 0 Å². The minimum absolute atomic E-state index is 0.0950. The summed E-state index contributed by atoms with van der Waals surface area (Å²) in [5.74, 6) is -0.669. The first-order valence-electron chi connectivity index (χ1n) is 6.45. The predicted octanol–water partition coefficient (Wildman–Crippen LogP) is 4.14. The SMILES string of the molecule is Cc1cc(C)c(S(=O)(=O)N=C2C=C(Cl)C(=O)C(Cl)=C2Cl)c(C)c1. The van der Waals surface area contributed by atoms with E-state index < -0.39 is 15.8 Å². The van der Waals surface area contributed by atoms with Gasteiger partial charge in [-0.25, -0.2) is 0 Å². The van der Waals surface area contributed by atoms with Gasteiger partial charge in [0.15, 0.2) is 0 Å². The second-order valence-corrected chi connectivity index (χ2v) is 7.83. The Balaban J connectivity index is 2.66. The number of carbonyl (C=O) groups excluding carboxylic acids is 1. The van der Waals surface area contributed by atoms with Crippen LogP contribution in [0.1, 0.15) is 16.7 Å². The summed E-state index contributed by atoms with van der Waals surface area (Å²) < 4.78 is 29.0. The summed E-state index contributed by atoms with van der Waals surface area (Å²) in [6.45, 7) is 5.24. The van der Waals surface area contributed by atoms with E-state index in [2.05, 4.69) is 4.40 Å². The molecule has 0 unspecified atom stereocenters. The number of hydrogen-bond donors (Lipinski definition) is 0. The molecule has 0 spiro atoms. The van der Waals surface area contributed by atoms with E-state index in [0.29, 0.717) is 11.1 Å². The van der Waals surface area contributed by atoms with Crippen molar-refractivity contribution in [2.75, 3.05) is 0 Å². The van der Waals surface area contributed by atoms with Crippen LogP contribution in [-0.2, 0) is 14.8 Å². The van der Waals surface area contributed by atoms with Crippen LogP contribution in [0.2, 0.25) is 0 Å². The lowest BCUT2D eigenvalue weighted by molar-refractivity contribution is -0.111. The average molecular weight is 393 g/mol. The van der Waals surface area contributed by atoms with Crippen molar-refractivity contribution in [3.63, 3.8) is 0 Å². The van der Waals surface area contributed by atoms with Crippen LogP contribution in [0.3, 0.4) is 0 Å². The molecule has 0 bridgehead atoms. The number of carbonyl (C=O) groups is 1. The number of halogens is 3. The molecular formula is C15H12Cl3NO3S. The Morgan fingerprint density at radius 1 is 0.957 bits per heavy atom. The van der Waals surface area contributed by atoms with Gasteiger partial charge in [-0.1, -0.05) is 52.5 Å². The first-order valence-corrected chi connectivity index (χ1v) is 9.02. The van der Waals surface area contributed by atoms with Crippen molar-refractivity contribution in [2.45, 2.75) is 25.7 Å². The summed E-state index contributed by atoms with van der Waals surface area (Å²) in [6, 6.07) is 3.50. The van der Waals surface area contributed by atoms with Gasteiger partial charge in [0, 0.05) is 0 Å². The molecule has 0 fully saturated rings. The van der Waals surface area contributed by atoms with Crippen LogP contribution in [0, 0.1) is 20.8 Å². The normalized spacial score (nSPS) is 17.7. The minimum atomic E-state index is -4.04. The molecule has 0 atom stereocenters. The van der Waals surface area contributed by atoms with Gasteiger partial charge >= 0.3 is 0 Å². The highest BCUT2D eigenvalue weighted by molar-refractivity contribution is 7.90. The second-order valence-electron chi connectivity index (χ2n) is 5.13. The molecule has 0 amide bonds. The predicted molar refractivity (Wildman–Crippen MR) is 92.9 cm³/mol. The number of rotatable bonds is 2. The van der Waals surface area contributed by atoms with Gasteiger partial charge < -0.3 is 0 Å². The number of Topliss-reactive ketones (excluding diaryl/α,β-unsaturated/α-hetero) is 1. The standard InChI is InChI=1S/C15H12Cl3NO3S/c1-7-4-8(2)15(9(3)5-7)23(21,22)19-11-6-10(16)14(20)13(18)12(11)17/h4-6H,1-3H3. The van der Waals surface area contributed by atoms with E-state index in [-0.39, 0.29) is 25.7 Å². The number of sulfonamides is 1. The highest BCUT2D eigenvalue weighted by atomic mass is 35.5. The maximum atomic E-state index is 12.6. The zero-order chi connectivity index (χ0) is 17.5.